The van der Waals surface area contributed by atoms with E-state index in [1.54, 1.807) is 13.3 Å². The Morgan fingerprint density at radius 2 is 1.83 bits per heavy atom. The minimum atomic E-state index is -0.183. The van der Waals surface area contributed by atoms with Crippen molar-refractivity contribution in [2.45, 2.75) is 43.7 Å². The molecule has 0 radical (unpaired) electrons. The van der Waals surface area contributed by atoms with Gasteiger partial charge in [0.25, 0.3) is 0 Å². The van der Waals surface area contributed by atoms with Crippen LogP contribution in [0.2, 0.25) is 0 Å². The number of anilines is 1. The molecule has 4 rings (SSSR count). The van der Waals surface area contributed by atoms with Crippen LogP contribution in [0.3, 0.4) is 0 Å². The van der Waals surface area contributed by atoms with Gasteiger partial charge in [0, 0.05) is 11.6 Å². The molecule has 1 saturated heterocycles. The molecule has 2 aliphatic rings. The number of carbonyl (C=O) groups excluding carboxylic acids is 1. The zero-order valence-corrected chi connectivity index (χ0v) is 17.7. The molecule has 1 aliphatic heterocycles. The first-order chi connectivity index (χ1) is 13.9. The Morgan fingerprint density at radius 1 is 1.14 bits per heavy atom. The number of nitrogens with zero attached hydrogens (tertiary/aromatic N) is 3. The molecule has 1 spiro atoms. The van der Waals surface area contributed by atoms with Gasteiger partial charge in [-0.05, 0) is 57.8 Å². The molecule has 6 nitrogen and oxygen atoms in total. The van der Waals surface area contributed by atoms with Gasteiger partial charge in [0.05, 0.1) is 31.1 Å². The minimum Gasteiger partial charge on any atom is -0.481 e. The first kappa shape index (κ1) is 19.7. The van der Waals surface area contributed by atoms with Gasteiger partial charge in [-0.3, -0.25) is 9.80 Å². The molecular formula is C23H30N4O2. The number of carbonyl (C=O) groups is 1. The summed E-state index contributed by atoms with van der Waals surface area (Å²) in [5.74, 6) is 0.567. The molecule has 2 amide bonds. The molecule has 2 aromatic rings. The molecule has 0 bridgehead atoms. The van der Waals surface area contributed by atoms with Gasteiger partial charge in [0.15, 0.2) is 0 Å². The normalized spacial score (nSPS) is 26.8. The standard InChI is InChI=1S/C23H30N4O2/c1-17-14-20(29-4)24-15-19(17)27-16-22(25-21(27)28)10-12-23(13-11-22,26(2)3)18-8-6-5-7-9-18/h5-9,14-15H,10-13,16H2,1-4H3,(H,25,28)/t22-,23+. The Kier molecular flexibility index (Phi) is 4.99. The molecular weight excluding hydrogens is 364 g/mol. The van der Waals surface area contributed by atoms with E-state index >= 15 is 0 Å². The first-order valence-corrected chi connectivity index (χ1v) is 10.2. The second kappa shape index (κ2) is 7.34. The summed E-state index contributed by atoms with van der Waals surface area (Å²) in [6, 6.07) is 12.6. The van der Waals surface area contributed by atoms with Crippen LogP contribution in [0.1, 0.15) is 36.8 Å². The Bertz CT molecular complexity index is 889. The van der Waals surface area contributed by atoms with Crippen LogP contribution in [0.5, 0.6) is 5.88 Å². The lowest BCUT2D eigenvalue weighted by Gasteiger charge is -2.48. The number of urea groups is 1. The monoisotopic (exact) mass is 394 g/mol. The largest absolute Gasteiger partial charge is 0.481 e. The summed E-state index contributed by atoms with van der Waals surface area (Å²) in [6.07, 6.45) is 5.66. The summed E-state index contributed by atoms with van der Waals surface area (Å²) < 4.78 is 5.20. The number of amides is 2. The Labute approximate surface area is 172 Å². The maximum Gasteiger partial charge on any atom is 0.322 e. The van der Waals surface area contributed by atoms with E-state index in [1.165, 1.54) is 5.56 Å². The summed E-state index contributed by atoms with van der Waals surface area (Å²) in [4.78, 5) is 21.4. The molecule has 29 heavy (non-hydrogen) atoms. The van der Waals surface area contributed by atoms with E-state index in [1.807, 2.05) is 17.9 Å². The number of aromatic nitrogens is 1. The van der Waals surface area contributed by atoms with Crippen LogP contribution >= 0.6 is 0 Å². The Balaban J connectivity index is 1.55. The van der Waals surface area contributed by atoms with Crippen molar-refractivity contribution in [1.29, 1.82) is 0 Å². The topological polar surface area (TPSA) is 57.7 Å². The van der Waals surface area contributed by atoms with Crippen LogP contribution in [0.15, 0.2) is 42.6 Å². The zero-order valence-electron chi connectivity index (χ0n) is 17.7. The van der Waals surface area contributed by atoms with Crippen LogP contribution < -0.4 is 15.0 Å². The quantitative estimate of drug-likeness (QED) is 0.859. The smallest absolute Gasteiger partial charge is 0.322 e. The molecule has 2 heterocycles. The van der Waals surface area contributed by atoms with Crippen molar-refractivity contribution in [2.24, 2.45) is 0 Å². The highest BCUT2D eigenvalue weighted by Gasteiger charge is 2.50. The van der Waals surface area contributed by atoms with Crippen molar-refractivity contribution < 1.29 is 9.53 Å². The van der Waals surface area contributed by atoms with E-state index in [-0.39, 0.29) is 17.1 Å². The first-order valence-electron chi connectivity index (χ1n) is 10.2. The zero-order chi connectivity index (χ0) is 20.6. The average Bonchev–Trinajstić information content (AvgIpc) is 3.04. The molecule has 1 aromatic carbocycles. The van der Waals surface area contributed by atoms with Gasteiger partial charge in [-0.2, -0.15) is 0 Å². The lowest BCUT2D eigenvalue weighted by molar-refractivity contribution is 0.0658. The molecule has 6 heteroatoms. The van der Waals surface area contributed by atoms with Gasteiger partial charge in [-0.25, -0.2) is 9.78 Å². The maximum atomic E-state index is 12.9. The van der Waals surface area contributed by atoms with Crippen LogP contribution in [0.4, 0.5) is 10.5 Å². The summed E-state index contributed by atoms with van der Waals surface area (Å²) >= 11 is 0. The molecule has 0 atom stereocenters. The predicted molar refractivity (Wildman–Crippen MR) is 114 cm³/mol. The van der Waals surface area contributed by atoms with Crippen molar-refractivity contribution in [3.63, 3.8) is 0 Å². The summed E-state index contributed by atoms with van der Waals surface area (Å²) in [5, 5.41) is 3.31. The van der Waals surface area contributed by atoms with E-state index in [2.05, 4.69) is 59.6 Å². The maximum absolute atomic E-state index is 12.9. The number of rotatable bonds is 4. The fraction of sp³-hybridized carbons (Fsp3) is 0.478. The predicted octanol–water partition coefficient (Wildman–Crippen LogP) is 3.70. The van der Waals surface area contributed by atoms with Crippen LogP contribution in [0.25, 0.3) is 0 Å². The number of hydrogen-bond acceptors (Lipinski definition) is 4. The summed E-state index contributed by atoms with van der Waals surface area (Å²) in [7, 11) is 5.93. The van der Waals surface area contributed by atoms with Crippen LogP contribution in [0, 0.1) is 6.92 Å². The lowest BCUT2D eigenvalue weighted by atomic mass is 9.69. The fourth-order valence-corrected chi connectivity index (χ4v) is 4.99. The van der Waals surface area contributed by atoms with Gasteiger partial charge in [-0.1, -0.05) is 30.3 Å². The third kappa shape index (κ3) is 3.35. The van der Waals surface area contributed by atoms with E-state index in [0.717, 1.165) is 36.9 Å². The summed E-state index contributed by atoms with van der Waals surface area (Å²) in [5.41, 5.74) is 3.04. The van der Waals surface area contributed by atoms with Crippen LogP contribution in [-0.2, 0) is 5.54 Å². The van der Waals surface area contributed by atoms with E-state index < -0.39 is 0 Å². The molecule has 1 aliphatic carbocycles. The van der Waals surface area contributed by atoms with Gasteiger partial charge in [0.2, 0.25) is 5.88 Å². The minimum absolute atomic E-state index is 0.0161. The van der Waals surface area contributed by atoms with Gasteiger partial charge < -0.3 is 10.1 Å². The molecule has 1 saturated carbocycles. The highest BCUT2D eigenvalue weighted by molar-refractivity contribution is 5.96. The molecule has 1 aromatic heterocycles. The van der Waals surface area contributed by atoms with E-state index in [9.17, 15) is 4.79 Å². The van der Waals surface area contributed by atoms with Crippen molar-refractivity contribution in [3.05, 3.63) is 53.7 Å². The summed E-state index contributed by atoms with van der Waals surface area (Å²) in [6.45, 7) is 2.67. The second-order valence-corrected chi connectivity index (χ2v) is 8.60. The number of hydrogen-bond donors (Lipinski definition) is 1. The molecule has 0 unspecified atom stereocenters. The van der Waals surface area contributed by atoms with E-state index in [0.29, 0.717) is 12.4 Å². The number of methoxy groups -OCH3 is 1. The highest BCUT2D eigenvalue weighted by atomic mass is 16.5. The van der Waals surface area contributed by atoms with Crippen molar-refractivity contribution >= 4 is 11.7 Å². The molecule has 1 N–H and O–H groups in total. The van der Waals surface area contributed by atoms with Gasteiger partial charge in [0.1, 0.15) is 0 Å². The van der Waals surface area contributed by atoms with Gasteiger partial charge in [-0.15, -0.1) is 0 Å². The number of benzene rings is 1. The third-order valence-corrected chi connectivity index (χ3v) is 6.84. The van der Waals surface area contributed by atoms with Crippen molar-refractivity contribution in [2.75, 3.05) is 32.6 Å². The fourth-order valence-electron chi connectivity index (χ4n) is 4.99. The van der Waals surface area contributed by atoms with Crippen molar-refractivity contribution in [1.82, 2.24) is 15.2 Å². The molecule has 154 valence electrons. The molecule has 2 fully saturated rings. The van der Waals surface area contributed by atoms with Crippen LogP contribution in [-0.4, -0.2) is 49.2 Å². The Morgan fingerprint density at radius 3 is 2.41 bits per heavy atom. The Hall–Kier alpha value is -2.60. The number of nitrogens with one attached hydrogen (secondary N) is 1. The SMILES string of the molecule is COc1cc(C)c(N2C[C@]3(CC[C@](c4ccccc4)(N(C)C)CC3)NC2=O)cn1. The van der Waals surface area contributed by atoms with E-state index in [4.69, 9.17) is 4.74 Å². The third-order valence-electron chi connectivity index (χ3n) is 6.84. The second-order valence-electron chi connectivity index (χ2n) is 8.60. The number of ether oxygens (including phenoxy) is 1. The highest BCUT2D eigenvalue weighted by Crippen LogP contribution is 2.46. The van der Waals surface area contributed by atoms with Gasteiger partial charge >= 0.3 is 6.03 Å². The number of pyridine rings is 1. The lowest BCUT2D eigenvalue weighted by Crippen LogP contribution is -2.54. The average molecular weight is 395 g/mol. The van der Waals surface area contributed by atoms with Crippen molar-refractivity contribution in [3.8, 4) is 5.88 Å². The number of aryl methyl sites for hydroxylation is 1.